The van der Waals surface area contributed by atoms with Gasteiger partial charge in [-0.15, -0.1) is 10.2 Å². The highest BCUT2D eigenvalue weighted by atomic mass is 16.5. The molecule has 1 saturated heterocycles. The van der Waals surface area contributed by atoms with Crippen LogP contribution in [0, 0.1) is 0 Å². The molecule has 1 aliphatic heterocycles. The number of aromatic nitrogens is 5. The molecule has 1 aromatic carbocycles. The number of ether oxygens (including phenoxy) is 2. The molecule has 0 bridgehead atoms. The monoisotopic (exact) mass is 479 g/mol. The van der Waals surface area contributed by atoms with E-state index < -0.39 is 0 Å². The molecule has 9 heteroatoms. The van der Waals surface area contributed by atoms with Crippen LogP contribution in [-0.2, 0) is 11.2 Å². The second-order valence-electron chi connectivity index (χ2n) is 8.84. The Bertz CT molecular complexity index is 1020. The molecular formula is C26H37N7O2. The van der Waals surface area contributed by atoms with Gasteiger partial charge in [-0.25, -0.2) is 9.97 Å². The van der Waals surface area contributed by atoms with E-state index in [-0.39, 0.29) is 0 Å². The second kappa shape index (κ2) is 12.5. The Labute approximate surface area is 207 Å². The maximum absolute atomic E-state index is 5.63. The first-order valence-electron chi connectivity index (χ1n) is 12.8. The van der Waals surface area contributed by atoms with Gasteiger partial charge in [0.25, 0.3) is 0 Å². The highest BCUT2D eigenvalue weighted by Crippen LogP contribution is 2.36. The van der Waals surface area contributed by atoms with E-state index in [1.54, 1.807) is 18.7 Å². The highest BCUT2D eigenvalue weighted by Gasteiger charge is 2.24. The van der Waals surface area contributed by atoms with Gasteiger partial charge in [0.2, 0.25) is 0 Å². The minimum Gasteiger partial charge on any atom is -0.464 e. The molecule has 3 aromatic rings. The summed E-state index contributed by atoms with van der Waals surface area (Å²) < 4.78 is 11.0. The minimum absolute atomic E-state index is 0.345. The maximum atomic E-state index is 5.63. The third-order valence-electron chi connectivity index (χ3n) is 6.50. The Kier molecular flexibility index (Phi) is 8.89. The van der Waals surface area contributed by atoms with E-state index in [1.807, 2.05) is 6.92 Å². The number of rotatable bonds is 12. The predicted octanol–water partition coefficient (Wildman–Crippen LogP) is 4.87. The molecule has 0 radical (unpaired) electrons. The summed E-state index contributed by atoms with van der Waals surface area (Å²) >= 11 is 0. The van der Waals surface area contributed by atoms with Crippen molar-refractivity contribution >= 4 is 17.1 Å². The Balaban J connectivity index is 1.67. The molecule has 0 aliphatic carbocycles. The number of H-pyrrole nitrogens is 1. The predicted molar refractivity (Wildman–Crippen MR) is 138 cm³/mol. The molecule has 3 heterocycles. The largest absolute Gasteiger partial charge is 0.464 e. The lowest BCUT2D eigenvalue weighted by Gasteiger charge is -2.37. The summed E-state index contributed by atoms with van der Waals surface area (Å²) in [4.78, 5) is 14.3. The lowest BCUT2D eigenvalue weighted by Crippen LogP contribution is -2.39. The molecule has 0 amide bonds. The molecule has 9 nitrogen and oxygen atoms in total. The van der Waals surface area contributed by atoms with E-state index in [0.29, 0.717) is 24.6 Å². The van der Waals surface area contributed by atoms with Gasteiger partial charge >= 0.3 is 6.01 Å². The molecule has 4 rings (SSSR count). The van der Waals surface area contributed by atoms with Crippen molar-refractivity contribution in [3.8, 4) is 6.01 Å². The van der Waals surface area contributed by atoms with E-state index in [9.17, 15) is 0 Å². The molecule has 35 heavy (non-hydrogen) atoms. The summed E-state index contributed by atoms with van der Waals surface area (Å²) in [5.41, 5.74) is 4.36. The normalized spacial score (nSPS) is 15.1. The number of hydrogen-bond acceptors (Lipinski definition) is 8. The zero-order valence-electron chi connectivity index (χ0n) is 21.0. The van der Waals surface area contributed by atoms with Crippen molar-refractivity contribution in [3.63, 3.8) is 0 Å². The fraction of sp³-hybridized carbons (Fsp3) is 0.538. The Hall–Kier alpha value is -3.20. The number of nitrogens with one attached hydrogen (secondary N) is 2. The summed E-state index contributed by atoms with van der Waals surface area (Å²) in [7, 11) is 0. The van der Waals surface area contributed by atoms with Gasteiger partial charge in [-0.1, -0.05) is 19.4 Å². The van der Waals surface area contributed by atoms with Crippen molar-refractivity contribution in [1.29, 1.82) is 0 Å². The number of anilines is 3. The summed E-state index contributed by atoms with van der Waals surface area (Å²) in [5.74, 6) is 1.26. The molecule has 2 aromatic heterocycles. The van der Waals surface area contributed by atoms with E-state index in [1.165, 1.54) is 11.3 Å². The van der Waals surface area contributed by atoms with Crippen LogP contribution in [0.2, 0.25) is 0 Å². The first-order chi connectivity index (χ1) is 17.2. The number of aromatic amines is 1. The van der Waals surface area contributed by atoms with Crippen LogP contribution in [0.1, 0.15) is 63.8 Å². The van der Waals surface area contributed by atoms with Gasteiger partial charge in [-0.05, 0) is 56.7 Å². The average Bonchev–Trinajstić information content (AvgIpc) is 3.40. The van der Waals surface area contributed by atoms with E-state index >= 15 is 0 Å². The zero-order valence-corrected chi connectivity index (χ0v) is 21.0. The van der Waals surface area contributed by atoms with Crippen LogP contribution >= 0.6 is 0 Å². The molecule has 0 spiro atoms. The Morgan fingerprint density at radius 1 is 1.17 bits per heavy atom. The lowest BCUT2D eigenvalue weighted by molar-refractivity contribution is 0.0846. The standard InChI is InChI=1S/C26H37N7O2/c1-4-7-19(15-25-29-18-30-32-25)20-8-9-24(33(5-2)22-10-12-34-13-11-22)23(14-20)31-21-16-27-26(28-17-21)35-6-3/h8-9,14,16-19,22,31H,4-7,10-13,15H2,1-3H3,(H,29,30,32)/t19-/m1/s1. The molecular weight excluding hydrogens is 442 g/mol. The van der Waals surface area contributed by atoms with E-state index in [4.69, 9.17) is 9.47 Å². The van der Waals surface area contributed by atoms with Gasteiger partial charge in [0.1, 0.15) is 12.2 Å². The Morgan fingerprint density at radius 3 is 2.63 bits per heavy atom. The van der Waals surface area contributed by atoms with E-state index in [0.717, 1.165) is 69.1 Å². The number of nitrogens with zero attached hydrogens (tertiary/aromatic N) is 5. The van der Waals surface area contributed by atoms with Crippen molar-refractivity contribution in [3.05, 3.63) is 48.3 Å². The molecule has 1 fully saturated rings. The van der Waals surface area contributed by atoms with E-state index in [2.05, 4.69) is 67.4 Å². The third-order valence-corrected chi connectivity index (χ3v) is 6.50. The summed E-state index contributed by atoms with van der Waals surface area (Å²) in [6.45, 7) is 9.46. The highest BCUT2D eigenvalue weighted by molar-refractivity contribution is 5.76. The van der Waals surface area contributed by atoms with Gasteiger partial charge < -0.3 is 24.7 Å². The number of benzene rings is 1. The molecule has 1 atom stereocenters. The Morgan fingerprint density at radius 2 is 1.97 bits per heavy atom. The van der Waals surface area contributed by atoms with Crippen LogP contribution in [0.25, 0.3) is 0 Å². The smallest absolute Gasteiger partial charge is 0.316 e. The van der Waals surface area contributed by atoms with Gasteiger partial charge in [-0.2, -0.15) is 0 Å². The second-order valence-corrected chi connectivity index (χ2v) is 8.84. The zero-order chi connectivity index (χ0) is 24.5. The van der Waals surface area contributed by atoms with Gasteiger partial charge in [0.05, 0.1) is 36.1 Å². The SMILES string of the molecule is CCC[C@H](Cc1nnc[nH]1)c1ccc(N(CC)C2CCOCC2)c(Nc2cnc(OCC)nc2)c1. The fourth-order valence-corrected chi connectivity index (χ4v) is 4.82. The minimum atomic E-state index is 0.345. The van der Waals surface area contributed by atoms with Crippen LogP contribution in [0.5, 0.6) is 6.01 Å². The van der Waals surface area contributed by atoms with Crippen molar-refractivity contribution in [2.24, 2.45) is 0 Å². The summed E-state index contributed by atoms with van der Waals surface area (Å²) in [5, 5.41) is 11.8. The van der Waals surface area contributed by atoms with Crippen LogP contribution in [0.4, 0.5) is 17.1 Å². The quantitative estimate of drug-likeness (QED) is 0.379. The summed E-state index contributed by atoms with van der Waals surface area (Å²) in [6, 6.07) is 7.66. The molecule has 188 valence electrons. The first-order valence-corrected chi connectivity index (χ1v) is 12.8. The van der Waals surface area contributed by atoms with Crippen LogP contribution in [-0.4, -0.2) is 57.6 Å². The fourth-order valence-electron chi connectivity index (χ4n) is 4.82. The lowest BCUT2D eigenvalue weighted by atomic mass is 9.90. The van der Waals surface area contributed by atoms with Crippen molar-refractivity contribution < 1.29 is 9.47 Å². The van der Waals surface area contributed by atoms with Gasteiger partial charge in [0, 0.05) is 32.2 Å². The van der Waals surface area contributed by atoms with Crippen LogP contribution < -0.4 is 15.0 Å². The molecule has 0 saturated carbocycles. The first kappa shape index (κ1) is 24.9. The van der Waals surface area contributed by atoms with Gasteiger partial charge in [0.15, 0.2) is 0 Å². The van der Waals surface area contributed by atoms with Crippen molar-refractivity contribution in [1.82, 2.24) is 25.1 Å². The van der Waals surface area contributed by atoms with Crippen molar-refractivity contribution in [2.75, 3.05) is 36.6 Å². The molecule has 1 aliphatic rings. The van der Waals surface area contributed by atoms with Crippen LogP contribution in [0.15, 0.2) is 36.9 Å². The van der Waals surface area contributed by atoms with Crippen molar-refractivity contribution in [2.45, 2.75) is 64.8 Å². The van der Waals surface area contributed by atoms with Crippen LogP contribution in [0.3, 0.4) is 0 Å². The topological polar surface area (TPSA) is 101 Å². The summed E-state index contributed by atoms with van der Waals surface area (Å²) in [6.07, 6.45) is 10.3. The molecule has 0 unspecified atom stereocenters. The maximum Gasteiger partial charge on any atom is 0.316 e. The average molecular weight is 480 g/mol. The third kappa shape index (κ3) is 6.48. The molecule has 2 N–H and O–H groups in total. The van der Waals surface area contributed by atoms with Gasteiger partial charge in [-0.3, -0.25) is 0 Å². The number of hydrogen-bond donors (Lipinski definition) is 2.